The molecule has 1 amide bonds. The van der Waals surface area contributed by atoms with Crippen molar-refractivity contribution in [1.82, 2.24) is 4.57 Å². The zero-order chi connectivity index (χ0) is 22.9. The van der Waals surface area contributed by atoms with Crippen molar-refractivity contribution in [1.29, 1.82) is 0 Å². The summed E-state index contributed by atoms with van der Waals surface area (Å²) in [6.07, 6.45) is 1.90. The molecule has 0 radical (unpaired) electrons. The summed E-state index contributed by atoms with van der Waals surface area (Å²) >= 11 is 0. The smallest absolute Gasteiger partial charge is 0.270 e. The molecule has 0 saturated heterocycles. The molecular weight excluding hydrogens is 412 g/mol. The lowest BCUT2D eigenvalue weighted by atomic mass is 10.0. The third-order valence-corrected chi connectivity index (χ3v) is 6.44. The van der Waals surface area contributed by atoms with Gasteiger partial charge in [-0.1, -0.05) is 60.7 Å². The quantitative estimate of drug-likeness (QED) is 0.465. The number of anilines is 1. The molecule has 5 rings (SSSR count). The third-order valence-electron chi connectivity index (χ3n) is 6.44. The molecule has 0 aliphatic heterocycles. The lowest BCUT2D eigenvalue weighted by molar-refractivity contribution is 0.0882. The van der Waals surface area contributed by atoms with Gasteiger partial charge in [-0.3, -0.25) is 14.4 Å². The minimum absolute atomic E-state index is 0.0110. The van der Waals surface area contributed by atoms with Crippen LogP contribution in [0.2, 0.25) is 0 Å². The van der Waals surface area contributed by atoms with Crippen LogP contribution < -0.4 is 10.5 Å². The molecule has 1 aliphatic carbocycles. The summed E-state index contributed by atoms with van der Waals surface area (Å²) in [4.78, 5) is 41.6. The standard InChI is InChI=1S/C28H24N2O3/c1-29(23-12-3-2-4-13-23)27(32)24-18-22-11-7-8-14-25(22)30(28(24)33)26(31)17-19-15-20-9-5-6-10-21(20)16-19/h2-14,18-19H,15-17H2,1H3. The Morgan fingerprint density at radius 3 is 2.18 bits per heavy atom. The highest BCUT2D eigenvalue weighted by Crippen LogP contribution is 2.29. The first kappa shape index (κ1) is 20.9. The molecule has 33 heavy (non-hydrogen) atoms. The molecule has 0 saturated carbocycles. The van der Waals surface area contributed by atoms with Crippen molar-refractivity contribution >= 4 is 28.4 Å². The minimum atomic E-state index is -0.568. The van der Waals surface area contributed by atoms with E-state index in [1.54, 1.807) is 37.4 Å². The van der Waals surface area contributed by atoms with E-state index in [0.717, 1.165) is 12.8 Å². The van der Waals surface area contributed by atoms with Gasteiger partial charge in [0.05, 0.1) is 5.52 Å². The Hall–Kier alpha value is -3.99. The highest BCUT2D eigenvalue weighted by molar-refractivity contribution is 6.08. The number of carbonyl (C=O) groups excluding carboxylic acids is 2. The second-order valence-electron chi connectivity index (χ2n) is 8.60. The van der Waals surface area contributed by atoms with Gasteiger partial charge in [0.15, 0.2) is 0 Å². The second kappa shape index (κ2) is 8.51. The van der Waals surface area contributed by atoms with E-state index in [0.29, 0.717) is 16.6 Å². The van der Waals surface area contributed by atoms with Crippen LogP contribution in [0.3, 0.4) is 0 Å². The van der Waals surface area contributed by atoms with Crippen molar-refractivity contribution in [3.05, 3.63) is 112 Å². The van der Waals surface area contributed by atoms with Gasteiger partial charge >= 0.3 is 0 Å². The van der Waals surface area contributed by atoms with Crippen molar-refractivity contribution in [3.63, 3.8) is 0 Å². The molecule has 1 heterocycles. The fraction of sp³-hybridized carbons (Fsp3) is 0.179. The van der Waals surface area contributed by atoms with Gasteiger partial charge in [0.2, 0.25) is 5.91 Å². The van der Waals surface area contributed by atoms with E-state index < -0.39 is 11.5 Å². The van der Waals surface area contributed by atoms with Crippen LogP contribution in [0.5, 0.6) is 0 Å². The van der Waals surface area contributed by atoms with Gasteiger partial charge in [0.1, 0.15) is 5.56 Å². The maximum Gasteiger partial charge on any atom is 0.270 e. The summed E-state index contributed by atoms with van der Waals surface area (Å²) < 4.78 is 1.20. The summed E-state index contributed by atoms with van der Waals surface area (Å²) in [5, 5.41) is 0.685. The summed E-state index contributed by atoms with van der Waals surface area (Å²) in [6, 6.07) is 26.2. The number of carbonyl (C=O) groups is 2. The van der Waals surface area contributed by atoms with Crippen LogP contribution in [-0.4, -0.2) is 23.4 Å². The summed E-state index contributed by atoms with van der Waals surface area (Å²) in [5.41, 5.74) is 3.16. The van der Waals surface area contributed by atoms with E-state index in [1.807, 2.05) is 42.5 Å². The molecule has 0 unspecified atom stereocenters. The number of amides is 1. The first-order valence-corrected chi connectivity index (χ1v) is 11.1. The van der Waals surface area contributed by atoms with Crippen LogP contribution >= 0.6 is 0 Å². The number of para-hydroxylation sites is 2. The summed E-state index contributed by atoms with van der Waals surface area (Å²) in [5.74, 6) is -0.565. The minimum Gasteiger partial charge on any atom is -0.311 e. The highest BCUT2D eigenvalue weighted by Gasteiger charge is 2.27. The van der Waals surface area contributed by atoms with Crippen LogP contribution in [-0.2, 0) is 12.8 Å². The fourth-order valence-electron chi connectivity index (χ4n) is 4.74. The normalized spacial score (nSPS) is 13.1. The van der Waals surface area contributed by atoms with Gasteiger partial charge < -0.3 is 4.90 Å². The Morgan fingerprint density at radius 2 is 1.48 bits per heavy atom. The highest BCUT2D eigenvalue weighted by atomic mass is 16.2. The zero-order valence-electron chi connectivity index (χ0n) is 18.4. The largest absolute Gasteiger partial charge is 0.311 e. The molecule has 1 aromatic heterocycles. The van der Waals surface area contributed by atoms with E-state index >= 15 is 0 Å². The maximum absolute atomic E-state index is 13.5. The number of hydrogen-bond acceptors (Lipinski definition) is 3. The molecule has 0 fully saturated rings. The molecule has 0 spiro atoms. The Bertz CT molecular complexity index is 1400. The Labute approximate surface area is 191 Å². The molecule has 5 nitrogen and oxygen atoms in total. The maximum atomic E-state index is 13.5. The first-order valence-electron chi connectivity index (χ1n) is 11.1. The van der Waals surface area contributed by atoms with Crippen LogP contribution in [0, 0.1) is 5.92 Å². The second-order valence-corrected chi connectivity index (χ2v) is 8.60. The lowest BCUT2D eigenvalue weighted by Gasteiger charge is -2.19. The van der Waals surface area contributed by atoms with E-state index in [1.165, 1.54) is 20.6 Å². The molecule has 4 aromatic rings. The van der Waals surface area contributed by atoms with Crippen LogP contribution in [0.1, 0.15) is 32.7 Å². The number of hydrogen-bond donors (Lipinski definition) is 0. The molecule has 0 N–H and O–H groups in total. The number of nitrogens with zero attached hydrogens (tertiary/aromatic N) is 2. The fourth-order valence-corrected chi connectivity index (χ4v) is 4.74. The third kappa shape index (κ3) is 3.87. The predicted octanol–water partition coefficient (Wildman–Crippen LogP) is 4.72. The van der Waals surface area contributed by atoms with E-state index in [4.69, 9.17) is 0 Å². The Kier molecular flexibility index (Phi) is 5.38. The predicted molar refractivity (Wildman–Crippen MR) is 130 cm³/mol. The number of benzene rings is 3. The monoisotopic (exact) mass is 436 g/mol. The van der Waals surface area contributed by atoms with E-state index in [9.17, 15) is 14.4 Å². The number of fused-ring (bicyclic) bond motifs is 2. The van der Waals surface area contributed by atoms with Crippen molar-refractivity contribution in [3.8, 4) is 0 Å². The molecule has 1 aliphatic rings. The van der Waals surface area contributed by atoms with Gasteiger partial charge in [-0.25, -0.2) is 4.57 Å². The topological polar surface area (TPSA) is 59.4 Å². The number of pyridine rings is 1. The van der Waals surface area contributed by atoms with Gasteiger partial charge in [-0.15, -0.1) is 0 Å². The summed E-state index contributed by atoms with van der Waals surface area (Å²) in [6.45, 7) is 0. The zero-order valence-corrected chi connectivity index (χ0v) is 18.4. The van der Waals surface area contributed by atoms with Crippen molar-refractivity contribution in [2.75, 3.05) is 11.9 Å². The average Bonchev–Trinajstić information content (AvgIpc) is 3.25. The lowest BCUT2D eigenvalue weighted by Crippen LogP contribution is -2.37. The van der Waals surface area contributed by atoms with Crippen molar-refractivity contribution in [2.45, 2.75) is 19.3 Å². The Balaban J connectivity index is 1.52. The van der Waals surface area contributed by atoms with Gasteiger partial charge in [0, 0.05) is 19.2 Å². The van der Waals surface area contributed by atoms with Crippen molar-refractivity contribution in [2.24, 2.45) is 5.92 Å². The molecule has 5 heteroatoms. The molecule has 3 aromatic carbocycles. The molecule has 0 atom stereocenters. The Morgan fingerprint density at radius 1 is 0.879 bits per heavy atom. The average molecular weight is 437 g/mol. The summed E-state index contributed by atoms with van der Waals surface area (Å²) in [7, 11) is 1.63. The van der Waals surface area contributed by atoms with Crippen molar-refractivity contribution < 1.29 is 9.59 Å². The van der Waals surface area contributed by atoms with Gasteiger partial charge in [-0.05, 0) is 59.5 Å². The van der Waals surface area contributed by atoms with Crippen LogP contribution in [0.15, 0.2) is 89.7 Å². The van der Waals surface area contributed by atoms with Crippen LogP contribution in [0.4, 0.5) is 5.69 Å². The van der Waals surface area contributed by atoms with E-state index in [2.05, 4.69) is 12.1 Å². The molecular formula is C28H24N2O3. The first-order chi connectivity index (χ1) is 16.0. The molecule has 164 valence electrons. The van der Waals surface area contributed by atoms with Crippen LogP contribution in [0.25, 0.3) is 10.9 Å². The molecule has 0 bridgehead atoms. The van der Waals surface area contributed by atoms with Gasteiger partial charge in [-0.2, -0.15) is 0 Å². The SMILES string of the molecule is CN(C(=O)c1cc2ccccc2n(C(=O)CC2Cc3ccccc3C2)c1=O)c1ccccc1. The number of aromatic nitrogens is 1. The van der Waals surface area contributed by atoms with Gasteiger partial charge in [0.25, 0.3) is 11.5 Å². The van der Waals surface area contributed by atoms with E-state index in [-0.39, 0.29) is 23.8 Å². The number of rotatable bonds is 4.